The normalized spacial score (nSPS) is 10.5. The minimum Gasteiger partial charge on any atom is -0.496 e. The highest BCUT2D eigenvalue weighted by atomic mass is 79.9. The van der Waals surface area contributed by atoms with Gasteiger partial charge in [0.2, 0.25) is 0 Å². The van der Waals surface area contributed by atoms with Crippen molar-refractivity contribution in [1.82, 2.24) is 9.78 Å². The van der Waals surface area contributed by atoms with Gasteiger partial charge in [-0.1, -0.05) is 15.9 Å². The van der Waals surface area contributed by atoms with Crippen LogP contribution >= 0.6 is 27.7 Å². The van der Waals surface area contributed by atoms with Crippen molar-refractivity contribution in [3.8, 4) is 5.75 Å². The van der Waals surface area contributed by atoms with Gasteiger partial charge in [0.1, 0.15) is 5.75 Å². The van der Waals surface area contributed by atoms with Crippen LogP contribution < -0.4 is 4.74 Å². The third-order valence-corrected chi connectivity index (χ3v) is 3.88. The molecule has 0 aliphatic carbocycles. The second-order valence-electron chi connectivity index (χ2n) is 3.61. The van der Waals surface area contributed by atoms with Gasteiger partial charge in [-0.25, -0.2) is 0 Å². The molecule has 3 nitrogen and oxygen atoms in total. The summed E-state index contributed by atoms with van der Waals surface area (Å²) in [7, 11) is 3.62. The summed E-state index contributed by atoms with van der Waals surface area (Å²) in [6.45, 7) is 0. The Bertz CT molecular complexity index is 513. The lowest BCUT2D eigenvalue weighted by atomic mass is 10.3. The smallest absolute Gasteiger partial charge is 0.132 e. The number of rotatable bonds is 4. The van der Waals surface area contributed by atoms with E-state index in [1.165, 1.54) is 5.56 Å². The molecule has 0 aliphatic rings. The molecule has 0 bridgehead atoms. The van der Waals surface area contributed by atoms with E-state index in [0.29, 0.717) is 0 Å². The second-order valence-corrected chi connectivity index (χ2v) is 5.54. The van der Waals surface area contributed by atoms with Crippen LogP contribution in [0.25, 0.3) is 0 Å². The molecule has 1 aromatic carbocycles. The number of aryl methyl sites for hydroxylation is 1. The number of halogens is 1. The average Bonchev–Trinajstić information content (AvgIpc) is 2.73. The molecule has 5 heteroatoms. The maximum Gasteiger partial charge on any atom is 0.132 e. The molecular formula is C12H13BrN2OS. The van der Waals surface area contributed by atoms with Crippen molar-refractivity contribution >= 4 is 27.7 Å². The summed E-state index contributed by atoms with van der Waals surface area (Å²) < 4.78 is 8.21. The third kappa shape index (κ3) is 3.26. The van der Waals surface area contributed by atoms with Crippen molar-refractivity contribution in [2.24, 2.45) is 7.05 Å². The van der Waals surface area contributed by atoms with Crippen molar-refractivity contribution in [3.05, 3.63) is 40.6 Å². The number of hydrogen-bond acceptors (Lipinski definition) is 3. The summed E-state index contributed by atoms with van der Waals surface area (Å²) in [5.41, 5.74) is 1.21. The first-order valence-corrected chi connectivity index (χ1v) is 6.91. The van der Waals surface area contributed by atoms with Gasteiger partial charge < -0.3 is 4.74 Å². The van der Waals surface area contributed by atoms with Crippen LogP contribution in [0, 0.1) is 0 Å². The summed E-state index contributed by atoms with van der Waals surface area (Å²) in [4.78, 5) is 1.13. The van der Waals surface area contributed by atoms with Gasteiger partial charge in [-0.3, -0.25) is 4.68 Å². The zero-order valence-electron chi connectivity index (χ0n) is 9.68. The highest BCUT2D eigenvalue weighted by molar-refractivity contribution is 9.10. The molecule has 1 heterocycles. The molecule has 0 saturated carbocycles. The van der Waals surface area contributed by atoms with E-state index in [4.69, 9.17) is 4.74 Å². The molecule has 2 aromatic rings. The van der Waals surface area contributed by atoms with Gasteiger partial charge in [-0.05, 0) is 18.2 Å². The molecule has 0 aliphatic heterocycles. The largest absolute Gasteiger partial charge is 0.496 e. The van der Waals surface area contributed by atoms with Crippen LogP contribution in [-0.2, 0) is 12.8 Å². The average molecular weight is 313 g/mol. The number of nitrogens with zero attached hydrogens (tertiary/aromatic N) is 2. The van der Waals surface area contributed by atoms with E-state index in [0.717, 1.165) is 20.9 Å². The Labute approximate surface area is 113 Å². The number of methoxy groups -OCH3 is 1. The van der Waals surface area contributed by atoms with Crippen LogP contribution in [-0.4, -0.2) is 16.9 Å². The van der Waals surface area contributed by atoms with Crippen molar-refractivity contribution in [2.75, 3.05) is 7.11 Å². The van der Waals surface area contributed by atoms with Crippen molar-refractivity contribution < 1.29 is 4.74 Å². The third-order valence-electron chi connectivity index (χ3n) is 2.28. The monoisotopic (exact) mass is 312 g/mol. The zero-order chi connectivity index (χ0) is 12.3. The van der Waals surface area contributed by atoms with Crippen LogP contribution in [0.1, 0.15) is 5.56 Å². The number of hydrogen-bond donors (Lipinski definition) is 0. The summed E-state index contributed by atoms with van der Waals surface area (Å²) in [5, 5.41) is 4.15. The van der Waals surface area contributed by atoms with Crippen LogP contribution in [0.3, 0.4) is 0 Å². The predicted molar refractivity (Wildman–Crippen MR) is 73.5 cm³/mol. The van der Waals surface area contributed by atoms with E-state index in [1.54, 1.807) is 18.9 Å². The first kappa shape index (κ1) is 12.5. The fraction of sp³-hybridized carbons (Fsp3) is 0.250. The SMILES string of the molecule is COc1ccc(Br)cc1SCc1cnn(C)c1. The quantitative estimate of drug-likeness (QED) is 0.809. The molecule has 90 valence electrons. The van der Waals surface area contributed by atoms with E-state index in [2.05, 4.69) is 27.1 Å². The topological polar surface area (TPSA) is 27.1 Å². The molecule has 17 heavy (non-hydrogen) atoms. The lowest BCUT2D eigenvalue weighted by molar-refractivity contribution is 0.404. The van der Waals surface area contributed by atoms with E-state index in [9.17, 15) is 0 Å². The van der Waals surface area contributed by atoms with Gasteiger partial charge in [0.25, 0.3) is 0 Å². The lowest BCUT2D eigenvalue weighted by Crippen LogP contribution is -1.87. The predicted octanol–water partition coefficient (Wildman–Crippen LogP) is 3.48. The molecule has 0 spiro atoms. The first-order chi connectivity index (χ1) is 8.19. The Morgan fingerprint density at radius 3 is 2.94 bits per heavy atom. The fourth-order valence-corrected chi connectivity index (χ4v) is 2.96. The molecule has 2 rings (SSSR count). The molecule has 0 atom stereocenters. The van der Waals surface area contributed by atoms with E-state index in [-0.39, 0.29) is 0 Å². The van der Waals surface area contributed by atoms with Crippen LogP contribution in [0.5, 0.6) is 5.75 Å². The van der Waals surface area contributed by atoms with Crippen LogP contribution in [0.15, 0.2) is 40.0 Å². The van der Waals surface area contributed by atoms with E-state index < -0.39 is 0 Å². The number of aromatic nitrogens is 2. The van der Waals surface area contributed by atoms with Crippen molar-refractivity contribution in [2.45, 2.75) is 10.6 Å². The minimum atomic E-state index is 0.890. The summed E-state index contributed by atoms with van der Waals surface area (Å²) in [6.07, 6.45) is 3.91. The lowest BCUT2D eigenvalue weighted by Gasteiger charge is -2.07. The maximum absolute atomic E-state index is 5.33. The Morgan fingerprint density at radius 1 is 1.47 bits per heavy atom. The first-order valence-electron chi connectivity index (χ1n) is 5.13. The maximum atomic E-state index is 5.33. The van der Waals surface area contributed by atoms with Crippen molar-refractivity contribution in [3.63, 3.8) is 0 Å². The molecule has 0 radical (unpaired) electrons. The molecular weight excluding hydrogens is 300 g/mol. The van der Waals surface area contributed by atoms with E-state index in [1.807, 2.05) is 36.3 Å². The van der Waals surface area contributed by atoms with Gasteiger partial charge in [0.15, 0.2) is 0 Å². The second kappa shape index (κ2) is 5.60. The summed E-state index contributed by atoms with van der Waals surface area (Å²) in [6, 6.07) is 6.02. The highest BCUT2D eigenvalue weighted by Crippen LogP contribution is 2.33. The standard InChI is InChI=1S/C12H13BrN2OS/c1-15-7-9(6-14-15)8-17-12-5-10(13)3-4-11(12)16-2/h3-7H,8H2,1-2H3. The molecule has 0 N–H and O–H groups in total. The van der Waals surface area contributed by atoms with Crippen LogP contribution in [0.2, 0.25) is 0 Å². The van der Waals surface area contributed by atoms with Gasteiger partial charge >= 0.3 is 0 Å². The molecule has 0 fully saturated rings. The van der Waals surface area contributed by atoms with Crippen LogP contribution in [0.4, 0.5) is 0 Å². The molecule has 1 aromatic heterocycles. The Kier molecular flexibility index (Phi) is 4.12. The Hall–Kier alpha value is -0.940. The Balaban J connectivity index is 2.10. The van der Waals surface area contributed by atoms with Gasteiger partial charge in [-0.15, -0.1) is 11.8 Å². The minimum absolute atomic E-state index is 0.890. The number of thioether (sulfide) groups is 1. The molecule has 0 saturated heterocycles. The zero-order valence-corrected chi connectivity index (χ0v) is 12.1. The van der Waals surface area contributed by atoms with Gasteiger partial charge in [0.05, 0.1) is 18.2 Å². The number of benzene rings is 1. The molecule has 0 unspecified atom stereocenters. The number of ether oxygens (including phenoxy) is 1. The molecule has 0 amide bonds. The highest BCUT2D eigenvalue weighted by Gasteiger charge is 2.05. The van der Waals surface area contributed by atoms with Gasteiger partial charge in [-0.2, -0.15) is 5.10 Å². The fourth-order valence-electron chi connectivity index (χ4n) is 1.47. The van der Waals surface area contributed by atoms with E-state index >= 15 is 0 Å². The summed E-state index contributed by atoms with van der Waals surface area (Å²) >= 11 is 5.21. The summed E-state index contributed by atoms with van der Waals surface area (Å²) in [5.74, 6) is 1.79. The Morgan fingerprint density at radius 2 is 2.29 bits per heavy atom. The van der Waals surface area contributed by atoms with Crippen molar-refractivity contribution in [1.29, 1.82) is 0 Å². The van der Waals surface area contributed by atoms with Gasteiger partial charge in [0, 0.05) is 29.0 Å².